The predicted molar refractivity (Wildman–Crippen MR) is 239 cm³/mol. The summed E-state index contributed by atoms with van der Waals surface area (Å²) >= 11 is 0. The highest BCUT2D eigenvalue weighted by molar-refractivity contribution is 7.57. The summed E-state index contributed by atoms with van der Waals surface area (Å²) in [5, 5.41) is 0. The van der Waals surface area contributed by atoms with Crippen molar-refractivity contribution >= 4 is 19.9 Å². The van der Waals surface area contributed by atoms with Crippen LogP contribution in [0.5, 0.6) is 0 Å². The highest BCUT2D eigenvalue weighted by Crippen LogP contribution is 2.39. The second kappa shape index (κ2) is 41.9. The molecule has 5 nitrogen and oxygen atoms in total. The van der Waals surface area contributed by atoms with Crippen molar-refractivity contribution < 1.29 is 19.1 Å². The minimum Gasteiger partial charge on any atom is -0.466 e. The molecule has 0 N–H and O–H groups in total. The summed E-state index contributed by atoms with van der Waals surface area (Å²) in [7, 11) is 4.49. The van der Waals surface area contributed by atoms with Gasteiger partial charge in [-0.25, -0.2) is 0 Å². The molecule has 0 radical (unpaired) electrons. The van der Waals surface area contributed by atoms with Crippen LogP contribution in [-0.4, -0.2) is 69.2 Å². The molecule has 0 fully saturated rings. The summed E-state index contributed by atoms with van der Waals surface area (Å²) in [6.07, 6.45) is 43.3. The molecule has 0 aromatic carbocycles. The summed E-state index contributed by atoms with van der Waals surface area (Å²) in [6.45, 7) is 11.6. The lowest BCUT2D eigenvalue weighted by atomic mass is 9.91. The smallest absolute Gasteiger partial charge is 0.305 e. The molecule has 322 valence electrons. The number of unbranched alkanes of at least 4 members (excludes halogenated alkanes) is 15. The molecule has 0 aliphatic rings. The Balaban J connectivity index is 4.04. The summed E-state index contributed by atoms with van der Waals surface area (Å²) in [4.78, 5) is 26.8. The summed E-state index contributed by atoms with van der Waals surface area (Å²) in [6, 6.07) is 0. The lowest BCUT2D eigenvalue weighted by Gasteiger charge is -2.18. The zero-order chi connectivity index (χ0) is 39.7. The number of carbonyl (C=O) groups is 2. The van der Waals surface area contributed by atoms with E-state index < -0.39 is 0 Å². The van der Waals surface area contributed by atoms with Crippen LogP contribution in [0.1, 0.15) is 233 Å². The van der Waals surface area contributed by atoms with E-state index in [0.717, 1.165) is 50.4 Å². The van der Waals surface area contributed by atoms with Crippen LogP contribution in [0, 0.1) is 11.8 Å². The molecule has 0 unspecified atom stereocenters. The molecule has 0 saturated heterocycles. The van der Waals surface area contributed by atoms with Crippen LogP contribution in [0.4, 0.5) is 0 Å². The molecule has 0 aliphatic carbocycles. The van der Waals surface area contributed by atoms with Gasteiger partial charge in [0.25, 0.3) is 0 Å². The third kappa shape index (κ3) is 38.2. The second-order valence-electron chi connectivity index (χ2n) is 17.1. The molecule has 0 aliphatic heterocycles. The number of hydrogen-bond acceptors (Lipinski definition) is 5. The number of rotatable bonds is 43. The lowest BCUT2D eigenvalue weighted by Crippen LogP contribution is -2.13. The molecule has 0 spiro atoms. The van der Waals surface area contributed by atoms with Crippen LogP contribution < -0.4 is 0 Å². The molecule has 0 aromatic rings. The predicted octanol–water partition coefficient (Wildman–Crippen LogP) is 14.9. The summed E-state index contributed by atoms with van der Waals surface area (Å²) in [5.74, 6) is 1.76. The van der Waals surface area contributed by atoms with Crippen LogP contribution in [0.15, 0.2) is 0 Å². The molecular formula is C48H96NO4P. The van der Waals surface area contributed by atoms with Crippen molar-refractivity contribution in [1.82, 2.24) is 4.90 Å². The van der Waals surface area contributed by atoms with E-state index >= 15 is 0 Å². The van der Waals surface area contributed by atoms with Gasteiger partial charge in [0, 0.05) is 12.8 Å². The van der Waals surface area contributed by atoms with Gasteiger partial charge in [-0.15, -0.1) is 7.92 Å². The Bertz CT molecular complexity index is 721. The van der Waals surface area contributed by atoms with Crippen molar-refractivity contribution in [2.75, 3.05) is 52.3 Å². The van der Waals surface area contributed by atoms with E-state index in [1.165, 1.54) is 179 Å². The molecular weight excluding hydrogens is 686 g/mol. The molecule has 0 heterocycles. The van der Waals surface area contributed by atoms with Crippen LogP contribution in [-0.2, 0) is 19.1 Å². The van der Waals surface area contributed by atoms with Gasteiger partial charge in [-0.3, -0.25) is 9.59 Å². The van der Waals surface area contributed by atoms with Gasteiger partial charge in [0.2, 0.25) is 0 Å². The molecule has 0 rings (SSSR count). The molecule has 6 heteroatoms. The van der Waals surface area contributed by atoms with Crippen LogP contribution in [0.3, 0.4) is 0 Å². The van der Waals surface area contributed by atoms with E-state index in [9.17, 15) is 9.59 Å². The Morgan fingerprint density at radius 2 is 0.759 bits per heavy atom. The van der Waals surface area contributed by atoms with E-state index in [0.29, 0.717) is 26.1 Å². The van der Waals surface area contributed by atoms with Gasteiger partial charge in [0.1, 0.15) is 0 Å². The van der Waals surface area contributed by atoms with Gasteiger partial charge in [0.05, 0.1) is 13.2 Å². The molecule has 0 amide bonds. The first-order chi connectivity index (χ1) is 26.4. The number of nitrogens with zero attached hydrogens (tertiary/aromatic N) is 1. The van der Waals surface area contributed by atoms with E-state index in [1.54, 1.807) is 0 Å². The molecule has 54 heavy (non-hydrogen) atoms. The monoisotopic (exact) mass is 782 g/mol. The fourth-order valence-electron chi connectivity index (χ4n) is 7.79. The first-order valence-electron chi connectivity index (χ1n) is 24.0. The van der Waals surface area contributed by atoms with Crippen LogP contribution in [0.25, 0.3) is 0 Å². The Morgan fingerprint density at radius 1 is 0.426 bits per heavy atom. The molecule has 0 aromatic heterocycles. The third-order valence-corrected chi connectivity index (χ3v) is 14.3. The Labute approximate surface area is 340 Å². The molecule has 0 bridgehead atoms. The number of hydrogen-bond donors (Lipinski definition) is 0. The summed E-state index contributed by atoms with van der Waals surface area (Å²) in [5.41, 5.74) is 0. The average Bonchev–Trinajstić information content (AvgIpc) is 3.16. The first-order valence-corrected chi connectivity index (χ1v) is 25.9. The zero-order valence-corrected chi connectivity index (χ0v) is 38.4. The van der Waals surface area contributed by atoms with Crippen molar-refractivity contribution in [3.8, 4) is 0 Å². The second-order valence-corrected chi connectivity index (χ2v) is 19.8. The number of esters is 2. The van der Waals surface area contributed by atoms with Gasteiger partial charge in [-0.05, 0) is 115 Å². The van der Waals surface area contributed by atoms with E-state index in [4.69, 9.17) is 9.47 Å². The maximum absolute atomic E-state index is 12.3. The number of ether oxygens (including phenoxy) is 2. The fraction of sp³-hybridized carbons (Fsp3) is 0.958. The van der Waals surface area contributed by atoms with Gasteiger partial charge in [-0.1, -0.05) is 156 Å². The van der Waals surface area contributed by atoms with Gasteiger partial charge in [-0.2, -0.15) is 0 Å². The highest BCUT2D eigenvalue weighted by Gasteiger charge is 2.11. The van der Waals surface area contributed by atoms with E-state index in [1.807, 2.05) is 0 Å². The topological polar surface area (TPSA) is 55.8 Å². The Hall–Kier alpha value is -0.670. The van der Waals surface area contributed by atoms with Crippen molar-refractivity contribution in [2.24, 2.45) is 11.8 Å². The lowest BCUT2D eigenvalue weighted by molar-refractivity contribution is -0.144. The van der Waals surface area contributed by atoms with E-state index in [2.05, 4.69) is 46.7 Å². The van der Waals surface area contributed by atoms with Crippen molar-refractivity contribution in [3.63, 3.8) is 0 Å². The SMILES string of the molecule is CCCCC(CCCC)CCCCOC(=O)CCCCCCCP(CCCCCCCC(=O)OCCCCC(CCCC)CCCC)CCCCN(C)C. The third-order valence-electron chi connectivity index (χ3n) is 11.4. The maximum Gasteiger partial charge on any atom is 0.305 e. The fourth-order valence-corrected chi connectivity index (χ4v) is 10.5. The quantitative estimate of drug-likeness (QED) is 0.0350. The minimum atomic E-state index is 0.0132. The van der Waals surface area contributed by atoms with Crippen LogP contribution in [0.2, 0.25) is 0 Å². The van der Waals surface area contributed by atoms with Gasteiger partial charge < -0.3 is 14.4 Å². The highest BCUT2D eigenvalue weighted by atomic mass is 31.1. The normalized spacial score (nSPS) is 11.8. The summed E-state index contributed by atoms with van der Waals surface area (Å²) < 4.78 is 11.1. The standard InChI is InChI=1S/C48H96NO4P/c1-7-11-31-45(32-12-8-2)35-23-26-40-52-47(50)37-21-17-15-19-28-42-54(44-30-25-39-49(5)6)43-29-20-16-18-22-38-48(51)53-41-27-24-36-46(33-13-9-3)34-14-10-4/h45-46H,7-44H2,1-6H3. The average molecular weight is 782 g/mol. The minimum absolute atomic E-state index is 0.0132. The Morgan fingerprint density at radius 3 is 1.13 bits per heavy atom. The van der Waals surface area contributed by atoms with Gasteiger partial charge >= 0.3 is 11.9 Å². The maximum atomic E-state index is 12.3. The largest absolute Gasteiger partial charge is 0.466 e. The van der Waals surface area contributed by atoms with Crippen molar-refractivity contribution in [3.05, 3.63) is 0 Å². The first kappa shape index (κ1) is 53.3. The van der Waals surface area contributed by atoms with Crippen LogP contribution >= 0.6 is 7.92 Å². The zero-order valence-electron chi connectivity index (χ0n) is 37.6. The number of carbonyl (C=O) groups excluding carboxylic acids is 2. The van der Waals surface area contributed by atoms with Gasteiger partial charge in [0.15, 0.2) is 0 Å². The Kier molecular flexibility index (Phi) is 41.4. The molecule has 0 atom stereocenters. The molecule has 0 saturated carbocycles. The van der Waals surface area contributed by atoms with Crippen molar-refractivity contribution in [2.45, 2.75) is 233 Å². The van der Waals surface area contributed by atoms with Crippen molar-refractivity contribution in [1.29, 1.82) is 0 Å². The van der Waals surface area contributed by atoms with E-state index in [-0.39, 0.29) is 19.9 Å².